The molecule has 0 saturated heterocycles. The van der Waals surface area contributed by atoms with E-state index in [1.807, 2.05) is 0 Å². The van der Waals surface area contributed by atoms with E-state index in [0.29, 0.717) is 11.6 Å². The summed E-state index contributed by atoms with van der Waals surface area (Å²) in [5, 5.41) is 3.20. The number of hydrogen-bond acceptors (Lipinski definition) is 1. The number of halogens is 2. The third-order valence-electron chi connectivity index (χ3n) is 2.81. The summed E-state index contributed by atoms with van der Waals surface area (Å²) in [6, 6.07) is 5.22. The van der Waals surface area contributed by atoms with Crippen LogP contribution in [0.25, 0.3) is 0 Å². The van der Waals surface area contributed by atoms with Gasteiger partial charge in [0.25, 0.3) is 0 Å². The van der Waals surface area contributed by atoms with E-state index >= 15 is 0 Å². The van der Waals surface area contributed by atoms with Crippen molar-refractivity contribution < 1.29 is 4.39 Å². The van der Waals surface area contributed by atoms with Crippen molar-refractivity contribution in [2.45, 2.75) is 33.2 Å². The van der Waals surface area contributed by atoms with Crippen molar-refractivity contribution in [3.63, 3.8) is 0 Å². The van der Waals surface area contributed by atoms with Crippen molar-refractivity contribution in [1.82, 2.24) is 0 Å². The standard InChI is InChI=1S/C12H17BrFN/c1-4-8(2)9(3)15-12-7-10(13)5-6-11(12)14/h5-9,15H,4H2,1-3H3. The minimum absolute atomic E-state index is 0.201. The molecule has 1 rings (SSSR count). The molecule has 0 fully saturated rings. The maximum absolute atomic E-state index is 13.4. The zero-order valence-corrected chi connectivity index (χ0v) is 10.9. The second kappa shape index (κ2) is 5.50. The van der Waals surface area contributed by atoms with Gasteiger partial charge in [-0.2, -0.15) is 0 Å². The fourth-order valence-electron chi connectivity index (χ4n) is 1.35. The Balaban J connectivity index is 2.75. The summed E-state index contributed by atoms with van der Waals surface area (Å²) in [4.78, 5) is 0. The van der Waals surface area contributed by atoms with Crippen molar-refractivity contribution >= 4 is 21.6 Å². The van der Waals surface area contributed by atoms with Crippen molar-refractivity contribution in [2.75, 3.05) is 5.32 Å². The molecule has 0 bridgehead atoms. The fourth-order valence-corrected chi connectivity index (χ4v) is 1.71. The topological polar surface area (TPSA) is 12.0 Å². The van der Waals surface area contributed by atoms with Crippen LogP contribution in [0, 0.1) is 11.7 Å². The molecule has 0 spiro atoms. The minimum Gasteiger partial charge on any atom is -0.380 e. The first kappa shape index (κ1) is 12.5. The predicted molar refractivity (Wildman–Crippen MR) is 66.6 cm³/mol. The summed E-state index contributed by atoms with van der Waals surface area (Å²) < 4.78 is 14.3. The van der Waals surface area contributed by atoms with E-state index in [-0.39, 0.29) is 11.9 Å². The number of benzene rings is 1. The van der Waals surface area contributed by atoms with E-state index in [2.05, 4.69) is 42.0 Å². The maximum Gasteiger partial charge on any atom is 0.146 e. The van der Waals surface area contributed by atoms with Crippen LogP contribution < -0.4 is 5.32 Å². The molecule has 0 aromatic heterocycles. The zero-order chi connectivity index (χ0) is 11.4. The third kappa shape index (κ3) is 3.49. The minimum atomic E-state index is -0.201. The molecular formula is C12H17BrFN. The Hall–Kier alpha value is -0.570. The smallest absolute Gasteiger partial charge is 0.146 e. The summed E-state index contributed by atoms with van der Waals surface area (Å²) in [5.74, 6) is 0.330. The van der Waals surface area contributed by atoms with Gasteiger partial charge >= 0.3 is 0 Å². The number of anilines is 1. The Morgan fingerprint density at radius 2 is 2.07 bits per heavy atom. The highest BCUT2D eigenvalue weighted by atomic mass is 79.9. The van der Waals surface area contributed by atoms with E-state index < -0.39 is 0 Å². The van der Waals surface area contributed by atoms with Crippen LogP contribution in [-0.4, -0.2) is 6.04 Å². The second-order valence-corrected chi connectivity index (χ2v) is 4.86. The van der Waals surface area contributed by atoms with Gasteiger partial charge < -0.3 is 5.32 Å². The molecular weight excluding hydrogens is 257 g/mol. The van der Waals surface area contributed by atoms with E-state index in [0.717, 1.165) is 10.9 Å². The molecule has 0 heterocycles. The summed E-state index contributed by atoms with van der Waals surface area (Å²) in [7, 11) is 0. The predicted octanol–water partition coefficient (Wildman–Crippen LogP) is 4.43. The lowest BCUT2D eigenvalue weighted by atomic mass is 10.0. The van der Waals surface area contributed by atoms with Crippen molar-refractivity contribution in [3.8, 4) is 0 Å². The Morgan fingerprint density at radius 3 is 2.67 bits per heavy atom. The van der Waals surface area contributed by atoms with Gasteiger partial charge in [-0.15, -0.1) is 0 Å². The summed E-state index contributed by atoms with van der Waals surface area (Å²) in [5.41, 5.74) is 0.567. The fraction of sp³-hybridized carbons (Fsp3) is 0.500. The SMILES string of the molecule is CCC(C)C(C)Nc1cc(Br)ccc1F. The Labute approximate surface area is 99.2 Å². The largest absolute Gasteiger partial charge is 0.380 e. The van der Waals surface area contributed by atoms with Crippen molar-refractivity contribution in [1.29, 1.82) is 0 Å². The van der Waals surface area contributed by atoms with Crippen LogP contribution in [0.5, 0.6) is 0 Å². The second-order valence-electron chi connectivity index (χ2n) is 3.94. The summed E-state index contributed by atoms with van der Waals surface area (Å²) >= 11 is 3.33. The molecule has 15 heavy (non-hydrogen) atoms. The van der Waals surface area contributed by atoms with Crippen LogP contribution in [0.2, 0.25) is 0 Å². The van der Waals surface area contributed by atoms with Crippen LogP contribution in [0.15, 0.2) is 22.7 Å². The van der Waals surface area contributed by atoms with Crippen LogP contribution in [0.3, 0.4) is 0 Å². The quantitative estimate of drug-likeness (QED) is 0.856. The van der Waals surface area contributed by atoms with Gasteiger partial charge in [0.15, 0.2) is 0 Å². The molecule has 1 aromatic rings. The lowest BCUT2D eigenvalue weighted by molar-refractivity contribution is 0.491. The van der Waals surface area contributed by atoms with E-state index in [4.69, 9.17) is 0 Å². The zero-order valence-electron chi connectivity index (χ0n) is 9.35. The molecule has 1 nitrogen and oxygen atoms in total. The molecule has 0 radical (unpaired) electrons. The molecule has 84 valence electrons. The Kier molecular flexibility index (Phi) is 4.58. The van der Waals surface area contributed by atoms with Crippen LogP contribution in [0.1, 0.15) is 27.2 Å². The summed E-state index contributed by atoms with van der Waals surface area (Å²) in [6.07, 6.45) is 1.09. The molecule has 0 aliphatic rings. The first-order chi connectivity index (χ1) is 7.04. The van der Waals surface area contributed by atoms with Gasteiger partial charge in [-0.1, -0.05) is 36.2 Å². The highest BCUT2D eigenvalue weighted by Gasteiger charge is 2.11. The molecule has 0 aliphatic heterocycles. The Bertz CT molecular complexity index is 327. The monoisotopic (exact) mass is 273 g/mol. The van der Waals surface area contributed by atoms with E-state index in [1.54, 1.807) is 12.1 Å². The Morgan fingerprint density at radius 1 is 1.40 bits per heavy atom. The van der Waals surface area contributed by atoms with Gasteiger partial charge in [0.05, 0.1) is 5.69 Å². The van der Waals surface area contributed by atoms with Gasteiger partial charge in [-0.25, -0.2) is 4.39 Å². The molecule has 0 aliphatic carbocycles. The van der Waals surface area contributed by atoms with E-state index in [9.17, 15) is 4.39 Å². The number of nitrogens with one attached hydrogen (secondary N) is 1. The number of hydrogen-bond donors (Lipinski definition) is 1. The first-order valence-electron chi connectivity index (χ1n) is 5.26. The summed E-state index contributed by atoms with van der Waals surface area (Å²) in [6.45, 7) is 6.38. The van der Waals surface area contributed by atoms with Crippen LogP contribution in [0.4, 0.5) is 10.1 Å². The highest BCUT2D eigenvalue weighted by Crippen LogP contribution is 2.22. The average molecular weight is 274 g/mol. The average Bonchev–Trinajstić information content (AvgIpc) is 2.22. The molecule has 3 heteroatoms. The van der Waals surface area contributed by atoms with Gasteiger partial charge in [0.1, 0.15) is 5.82 Å². The van der Waals surface area contributed by atoms with Crippen molar-refractivity contribution in [3.05, 3.63) is 28.5 Å². The molecule has 1 N–H and O–H groups in total. The molecule has 0 amide bonds. The molecule has 2 atom stereocenters. The molecule has 0 saturated carbocycles. The van der Waals surface area contributed by atoms with Gasteiger partial charge in [-0.05, 0) is 31.0 Å². The third-order valence-corrected chi connectivity index (χ3v) is 3.30. The lowest BCUT2D eigenvalue weighted by Crippen LogP contribution is -2.23. The molecule has 2 unspecified atom stereocenters. The van der Waals surface area contributed by atoms with Gasteiger partial charge in [-0.3, -0.25) is 0 Å². The first-order valence-corrected chi connectivity index (χ1v) is 6.05. The maximum atomic E-state index is 13.4. The highest BCUT2D eigenvalue weighted by molar-refractivity contribution is 9.10. The normalized spacial score (nSPS) is 14.7. The number of rotatable bonds is 4. The van der Waals surface area contributed by atoms with E-state index in [1.165, 1.54) is 6.07 Å². The molecule has 1 aromatic carbocycles. The van der Waals surface area contributed by atoms with Crippen LogP contribution >= 0.6 is 15.9 Å². The van der Waals surface area contributed by atoms with Crippen molar-refractivity contribution in [2.24, 2.45) is 5.92 Å². The van der Waals surface area contributed by atoms with Crippen LogP contribution in [-0.2, 0) is 0 Å². The van der Waals surface area contributed by atoms with Gasteiger partial charge in [0.2, 0.25) is 0 Å². The van der Waals surface area contributed by atoms with Gasteiger partial charge in [0, 0.05) is 10.5 Å². The lowest BCUT2D eigenvalue weighted by Gasteiger charge is -2.21.